The smallest absolute Gasteiger partial charge is 0.228 e. The predicted octanol–water partition coefficient (Wildman–Crippen LogP) is 4.24. The third-order valence-corrected chi connectivity index (χ3v) is 4.68. The number of aromatic nitrogens is 1. The average Bonchev–Trinajstić information content (AvgIpc) is 2.64. The fraction of sp³-hybridized carbons (Fsp3) is 0.400. The van der Waals surface area contributed by atoms with E-state index in [1.54, 1.807) is 0 Å². The van der Waals surface area contributed by atoms with Crippen molar-refractivity contribution in [1.82, 2.24) is 4.98 Å². The highest BCUT2D eigenvalue weighted by Crippen LogP contribution is 2.25. The van der Waals surface area contributed by atoms with E-state index in [9.17, 15) is 4.79 Å². The molecule has 24 heavy (non-hydrogen) atoms. The molecule has 1 aromatic carbocycles. The van der Waals surface area contributed by atoms with E-state index in [1.165, 1.54) is 12.0 Å². The summed E-state index contributed by atoms with van der Waals surface area (Å²) in [6.45, 7) is 0.830. The van der Waals surface area contributed by atoms with Gasteiger partial charge in [-0.25, -0.2) is 4.98 Å². The molecule has 0 spiro atoms. The second-order valence-corrected chi connectivity index (χ2v) is 6.57. The van der Waals surface area contributed by atoms with Gasteiger partial charge in [0.1, 0.15) is 5.82 Å². The van der Waals surface area contributed by atoms with E-state index in [0.29, 0.717) is 5.82 Å². The van der Waals surface area contributed by atoms with Gasteiger partial charge in [0.05, 0.1) is 11.9 Å². The standard InChI is InChI=1S/C20H25N3O/c1-23(15-16-8-4-2-5-9-16)18-12-13-19(21-14-18)22-20(24)17-10-6-3-7-11-17/h2,4-5,8-9,12-14,17H,3,6-7,10-11,15H2,1H3,(H,21,22,24). The molecule has 1 heterocycles. The van der Waals surface area contributed by atoms with Crippen LogP contribution in [0.1, 0.15) is 37.7 Å². The maximum atomic E-state index is 12.3. The first-order chi connectivity index (χ1) is 11.7. The minimum Gasteiger partial charge on any atom is -0.369 e. The molecule has 1 aliphatic rings. The van der Waals surface area contributed by atoms with Crippen molar-refractivity contribution in [1.29, 1.82) is 0 Å². The Morgan fingerprint density at radius 3 is 2.54 bits per heavy atom. The maximum absolute atomic E-state index is 12.3. The van der Waals surface area contributed by atoms with Crippen LogP contribution in [0, 0.1) is 5.92 Å². The second-order valence-electron chi connectivity index (χ2n) is 6.57. The lowest BCUT2D eigenvalue weighted by molar-refractivity contribution is -0.120. The Labute approximate surface area is 143 Å². The molecular formula is C20H25N3O. The van der Waals surface area contributed by atoms with Crippen LogP contribution >= 0.6 is 0 Å². The average molecular weight is 323 g/mol. The lowest BCUT2D eigenvalue weighted by Crippen LogP contribution is -2.25. The Morgan fingerprint density at radius 1 is 1.12 bits per heavy atom. The SMILES string of the molecule is CN(Cc1ccccc1)c1ccc(NC(=O)C2CCCCC2)nc1. The van der Waals surface area contributed by atoms with E-state index in [1.807, 2.05) is 43.6 Å². The minimum atomic E-state index is 0.118. The Hall–Kier alpha value is -2.36. The van der Waals surface area contributed by atoms with E-state index in [-0.39, 0.29) is 11.8 Å². The van der Waals surface area contributed by atoms with Gasteiger partial charge in [0.15, 0.2) is 0 Å². The fourth-order valence-corrected chi connectivity index (χ4v) is 3.23. The van der Waals surface area contributed by atoms with Crippen LogP contribution in [-0.4, -0.2) is 17.9 Å². The predicted molar refractivity (Wildman–Crippen MR) is 98.0 cm³/mol. The van der Waals surface area contributed by atoms with Gasteiger partial charge in [0.25, 0.3) is 0 Å². The molecule has 126 valence electrons. The summed E-state index contributed by atoms with van der Waals surface area (Å²) in [5.74, 6) is 0.913. The Balaban J connectivity index is 1.57. The molecule has 0 unspecified atom stereocenters. The van der Waals surface area contributed by atoms with Crippen LogP contribution in [-0.2, 0) is 11.3 Å². The zero-order valence-corrected chi connectivity index (χ0v) is 14.2. The number of amides is 1. The summed E-state index contributed by atoms with van der Waals surface area (Å²) in [4.78, 5) is 18.8. The van der Waals surface area contributed by atoms with Crippen LogP contribution in [0.3, 0.4) is 0 Å². The van der Waals surface area contributed by atoms with Crippen LogP contribution in [0.5, 0.6) is 0 Å². The van der Waals surface area contributed by atoms with Crippen LogP contribution in [0.4, 0.5) is 11.5 Å². The molecule has 0 bridgehead atoms. The molecule has 4 nitrogen and oxygen atoms in total. The van der Waals surface area contributed by atoms with E-state index in [4.69, 9.17) is 0 Å². The molecule has 1 fully saturated rings. The van der Waals surface area contributed by atoms with Gasteiger partial charge in [-0.15, -0.1) is 0 Å². The van der Waals surface area contributed by atoms with Gasteiger partial charge in [-0.2, -0.15) is 0 Å². The third-order valence-electron chi connectivity index (χ3n) is 4.68. The van der Waals surface area contributed by atoms with Crippen molar-refractivity contribution in [3.63, 3.8) is 0 Å². The molecule has 1 aromatic heterocycles. The number of rotatable bonds is 5. The number of pyridine rings is 1. The quantitative estimate of drug-likeness (QED) is 0.895. The number of carbonyl (C=O) groups excluding carboxylic acids is 1. The molecule has 1 aliphatic carbocycles. The van der Waals surface area contributed by atoms with Gasteiger partial charge in [-0.05, 0) is 30.5 Å². The lowest BCUT2D eigenvalue weighted by Gasteiger charge is -2.21. The first-order valence-electron chi connectivity index (χ1n) is 8.74. The summed E-state index contributed by atoms with van der Waals surface area (Å²) in [5, 5.41) is 2.96. The lowest BCUT2D eigenvalue weighted by atomic mass is 9.89. The van der Waals surface area contributed by atoms with E-state index in [2.05, 4.69) is 27.3 Å². The summed E-state index contributed by atoms with van der Waals surface area (Å²) in [6, 6.07) is 14.2. The van der Waals surface area contributed by atoms with Gasteiger partial charge in [-0.1, -0.05) is 49.6 Å². The molecule has 1 amide bonds. The highest BCUT2D eigenvalue weighted by Gasteiger charge is 2.21. The van der Waals surface area contributed by atoms with Gasteiger partial charge in [0, 0.05) is 19.5 Å². The molecule has 0 atom stereocenters. The van der Waals surface area contributed by atoms with E-state index < -0.39 is 0 Å². The summed E-state index contributed by atoms with van der Waals surface area (Å²) in [6.07, 6.45) is 7.40. The van der Waals surface area contributed by atoms with Crippen molar-refractivity contribution in [3.8, 4) is 0 Å². The van der Waals surface area contributed by atoms with E-state index in [0.717, 1.165) is 37.9 Å². The van der Waals surface area contributed by atoms with Crippen molar-refractivity contribution < 1.29 is 4.79 Å². The Bertz CT molecular complexity index is 648. The summed E-state index contributed by atoms with van der Waals surface area (Å²) in [7, 11) is 2.05. The molecule has 1 N–H and O–H groups in total. The number of benzene rings is 1. The fourth-order valence-electron chi connectivity index (χ4n) is 3.23. The van der Waals surface area contributed by atoms with Gasteiger partial charge in [-0.3, -0.25) is 4.79 Å². The number of nitrogens with zero attached hydrogens (tertiary/aromatic N) is 2. The zero-order valence-electron chi connectivity index (χ0n) is 14.2. The first-order valence-corrected chi connectivity index (χ1v) is 8.74. The van der Waals surface area contributed by atoms with E-state index >= 15 is 0 Å². The van der Waals surface area contributed by atoms with Crippen molar-refractivity contribution >= 4 is 17.4 Å². The molecule has 0 radical (unpaired) electrons. The summed E-state index contributed by atoms with van der Waals surface area (Å²) >= 11 is 0. The van der Waals surface area contributed by atoms with Crippen molar-refractivity contribution in [3.05, 3.63) is 54.2 Å². The van der Waals surface area contributed by atoms with Crippen LogP contribution < -0.4 is 10.2 Å². The summed E-state index contributed by atoms with van der Waals surface area (Å²) < 4.78 is 0. The van der Waals surface area contributed by atoms with Gasteiger partial charge >= 0.3 is 0 Å². The molecule has 1 saturated carbocycles. The minimum absolute atomic E-state index is 0.118. The highest BCUT2D eigenvalue weighted by molar-refractivity contribution is 5.91. The Kier molecular flexibility index (Phi) is 5.47. The number of anilines is 2. The largest absolute Gasteiger partial charge is 0.369 e. The van der Waals surface area contributed by atoms with Crippen molar-refractivity contribution in [2.24, 2.45) is 5.92 Å². The molecular weight excluding hydrogens is 298 g/mol. The molecule has 2 aromatic rings. The zero-order chi connectivity index (χ0) is 16.8. The monoisotopic (exact) mass is 323 g/mol. The summed E-state index contributed by atoms with van der Waals surface area (Å²) in [5.41, 5.74) is 2.30. The number of hydrogen-bond acceptors (Lipinski definition) is 3. The van der Waals surface area contributed by atoms with Crippen LogP contribution in [0.2, 0.25) is 0 Å². The molecule has 0 aliphatic heterocycles. The van der Waals surface area contributed by atoms with Crippen LogP contribution in [0.15, 0.2) is 48.7 Å². The Morgan fingerprint density at radius 2 is 1.88 bits per heavy atom. The molecule has 3 rings (SSSR count). The first kappa shape index (κ1) is 16.5. The highest BCUT2D eigenvalue weighted by atomic mass is 16.1. The number of carbonyl (C=O) groups is 1. The molecule has 4 heteroatoms. The second kappa shape index (κ2) is 7.95. The molecule has 0 saturated heterocycles. The van der Waals surface area contributed by atoms with Gasteiger partial charge in [0.2, 0.25) is 5.91 Å². The topological polar surface area (TPSA) is 45.2 Å². The van der Waals surface area contributed by atoms with Crippen molar-refractivity contribution in [2.75, 3.05) is 17.3 Å². The van der Waals surface area contributed by atoms with Crippen LogP contribution in [0.25, 0.3) is 0 Å². The maximum Gasteiger partial charge on any atom is 0.228 e. The number of hydrogen-bond donors (Lipinski definition) is 1. The van der Waals surface area contributed by atoms with Crippen molar-refractivity contribution in [2.45, 2.75) is 38.6 Å². The van der Waals surface area contributed by atoms with Gasteiger partial charge < -0.3 is 10.2 Å². The number of nitrogens with one attached hydrogen (secondary N) is 1. The third kappa shape index (κ3) is 4.34. The normalized spacial score (nSPS) is 15.0.